The Labute approximate surface area is 289 Å². The number of imidazole rings is 1. The first-order chi connectivity index (χ1) is 23.4. The van der Waals surface area contributed by atoms with Crippen LogP contribution in [-0.2, 0) is 40.4 Å². The van der Waals surface area contributed by atoms with Gasteiger partial charge in [0.1, 0.15) is 23.9 Å². The lowest BCUT2D eigenvalue weighted by Crippen LogP contribution is -2.58. The highest BCUT2D eigenvalue weighted by Crippen LogP contribution is 2.09. The predicted molar refractivity (Wildman–Crippen MR) is 182 cm³/mol. The first-order valence-corrected chi connectivity index (χ1v) is 17.1. The molecule has 0 saturated carbocycles. The van der Waals surface area contributed by atoms with E-state index in [4.69, 9.17) is 45.3 Å². The number of nitrogens with two attached hydrogens (primary N) is 8. The number of guanidine groups is 2. The Morgan fingerprint density at radius 1 is 0.760 bits per heavy atom. The van der Waals surface area contributed by atoms with Gasteiger partial charge in [-0.3, -0.25) is 34.0 Å². The number of sulfonamides is 1. The third-order valence-corrected chi connectivity index (χ3v) is 7.66. The third kappa shape index (κ3) is 17.4. The van der Waals surface area contributed by atoms with E-state index in [1.807, 2.05) is 0 Å². The second-order valence-electron chi connectivity index (χ2n) is 11.1. The van der Waals surface area contributed by atoms with Crippen LogP contribution >= 0.6 is 0 Å². The van der Waals surface area contributed by atoms with Gasteiger partial charge in [-0.15, -0.1) is 0 Å². The molecule has 0 spiro atoms. The molecule has 0 aliphatic rings. The smallest absolute Gasteiger partial charge is 0.255 e. The van der Waals surface area contributed by atoms with E-state index < -0.39 is 75.3 Å². The van der Waals surface area contributed by atoms with Gasteiger partial charge in [0.05, 0.1) is 18.8 Å². The lowest BCUT2D eigenvalue weighted by atomic mass is 10.0. The van der Waals surface area contributed by atoms with Crippen molar-refractivity contribution in [3.05, 3.63) is 12.0 Å². The highest BCUT2D eigenvalue weighted by atomic mass is 32.2. The zero-order chi connectivity index (χ0) is 37.9. The summed E-state index contributed by atoms with van der Waals surface area (Å²) in [5.74, 6) is -4.31. The fourth-order valence-corrected chi connectivity index (χ4v) is 4.76. The summed E-state index contributed by atoms with van der Waals surface area (Å²) in [5, 5.41) is 14.7. The molecule has 0 aliphatic heterocycles. The SMILES string of the molecule is NCCCC[C@H](NC(=O)[C@H](CCCN=C(N)N)NC(=O)[C@H](Cc1ncc(S(N)(=O)=O)[nH]1)NC(=O)[C@@H](N)CCCN=C(N)N)C(=O)NCC(N)=O. The van der Waals surface area contributed by atoms with Crippen molar-refractivity contribution >= 4 is 51.5 Å². The Kier molecular flexibility index (Phi) is 18.7. The number of aromatic nitrogens is 2. The number of H-pyrrole nitrogens is 1. The predicted octanol–water partition coefficient (Wildman–Crippen LogP) is -6.78. The number of rotatable bonds is 24. The van der Waals surface area contributed by atoms with Gasteiger partial charge in [0.25, 0.3) is 10.0 Å². The minimum atomic E-state index is -4.18. The molecule has 0 bridgehead atoms. The third-order valence-electron chi connectivity index (χ3n) is 6.84. The van der Waals surface area contributed by atoms with Crippen LogP contribution in [0.1, 0.15) is 50.8 Å². The number of nitrogens with one attached hydrogen (secondary N) is 5. The number of aliphatic imine (C=N–C) groups is 2. The number of aromatic amines is 1. The van der Waals surface area contributed by atoms with Crippen LogP contribution in [0.2, 0.25) is 0 Å². The van der Waals surface area contributed by atoms with E-state index in [2.05, 4.69) is 41.2 Å². The van der Waals surface area contributed by atoms with Gasteiger partial charge in [0, 0.05) is 19.5 Å². The van der Waals surface area contributed by atoms with E-state index in [9.17, 15) is 32.4 Å². The van der Waals surface area contributed by atoms with Crippen LogP contribution in [0.25, 0.3) is 0 Å². The molecule has 1 aromatic heterocycles. The van der Waals surface area contributed by atoms with Crippen molar-refractivity contribution in [2.45, 2.75) is 80.6 Å². The van der Waals surface area contributed by atoms with E-state index in [1.54, 1.807) is 0 Å². The Balaban J connectivity index is 3.33. The van der Waals surface area contributed by atoms with Crippen molar-refractivity contribution in [3.63, 3.8) is 0 Å². The van der Waals surface area contributed by atoms with Crippen LogP contribution in [0.15, 0.2) is 21.2 Å². The number of carbonyl (C=O) groups excluding carboxylic acids is 5. The Morgan fingerprint density at radius 3 is 1.80 bits per heavy atom. The Hall–Kier alpha value is -5.07. The van der Waals surface area contributed by atoms with Crippen molar-refractivity contribution in [2.24, 2.45) is 55.3 Å². The standard InChI is InChI=1S/C26H50N16O7S/c27-8-2-1-6-15(22(45)38-12-18(29)43)39-23(46)16(7-4-10-36-26(32)33)40-24(47)17(11-19-37-13-20(42-19)50(34,48)49)41-21(44)14(28)5-3-9-35-25(30)31/h13-17H,1-12,27-28H2,(H2,29,43)(H,37,42)(H,38,45)(H,39,46)(H,40,47)(H,41,44)(H4,30,31,35)(H4,32,33,36)(H2,34,48,49)/t14-,15-,16-,17-/m0/s1. The van der Waals surface area contributed by atoms with E-state index in [1.165, 1.54) is 0 Å². The van der Waals surface area contributed by atoms with Crippen LogP contribution < -0.4 is 66.5 Å². The summed E-state index contributed by atoms with van der Waals surface area (Å²) >= 11 is 0. The summed E-state index contributed by atoms with van der Waals surface area (Å²) in [6.07, 6.45) is 2.29. The maximum Gasteiger partial charge on any atom is 0.255 e. The van der Waals surface area contributed by atoms with E-state index in [-0.39, 0.29) is 62.9 Å². The molecule has 4 atom stereocenters. The highest BCUT2D eigenvalue weighted by Gasteiger charge is 2.31. The molecular weight excluding hydrogens is 680 g/mol. The van der Waals surface area contributed by atoms with Crippen LogP contribution in [0, 0.1) is 0 Å². The van der Waals surface area contributed by atoms with Gasteiger partial charge in [0.2, 0.25) is 29.5 Å². The van der Waals surface area contributed by atoms with Crippen LogP contribution in [0.3, 0.4) is 0 Å². The quantitative estimate of drug-likeness (QED) is 0.0267. The number of nitrogens with zero attached hydrogens (tertiary/aromatic N) is 3. The van der Waals surface area contributed by atoms with Crippen molar-refractivity contribution in [1.29, 1.82) is 0 Å². The number of hydrogen-bond donors (Lipinski definition) is 13. The normalized spacial score (nSPS) is 13.5. The summed E-state index contributed by atoms with van der Waals surface area (Å²) < 4.78 is 23.5. The largest absolute Gasteiger partial charge is 0.370 e. The first kappa shape index (κ1) is 43.0. The van der Waals surface area contributed by atoms with Gasteiger partial charge in [-0.05, 0) is 51.5 Å². The fraction of sp³-hybridized carbons (Fsp3) is 0.615. The van der Waals surface area contributed by atoms with Gasteiger partial charge in [-0.1, -0.05) is 0 Å². The van der Waals surface area contributed by atoms with Crippen molar-refractivity contribution in [2.75, 3.05) is 26.2 Å². The van der Waals surface area contributed by atoms with E-state index in [0.29, 0.717) is 25.8 Å². The highest BCUT2D eigenvalue weighted by molar-refractivity contribution is 7.89. The Morgan fingerprint density at radius 2 is 1.28 bits per heavy atom. The van der Waals surface area contributed by atoms with Crippen LogP contribution in [-0.4, -0.2) is 110 Å². The lowest BCUT2D eigenvalue weighted by molar-refractivity contribution is -0.134. The molecule has 1 rings (SSSR count). The molecular formula is C26H50N16O7S. The second kappa shape index (κ2) is 21.8. The lowest BCUT2D eigenvalue weighted by Gasteiger charge is -2.25. The minimum absolute atomic E-state index is 0.0337. The van der Waals surface area contributed by atoms with Gasteiger partial charge in [-0.25, -0.2) is 18.5 Å². The topological polar surface area (TPSA) is 429 Å². The fourth-order valence-electron chi connectivity index (χ4n) is 4.30. The molecule has 1 heterocycles. The molecule has 0 aliphatic carbocycles. The van der Waals surface area contributed by atoms with Crippen molar-refractivity contribution in [3.8, 4) is 0 Å². The molecule has 50 heavy (non-hydrogen) atoms. The van der Waals surface area contributed by atoms with Gasteiger partial charge < -0.3 is 66.4 Å². The summed E-state index contributed by atoms with van der Waals surface area (Å²) in [5.41, 5.74) is 38.1. The van der Waals surface area contributed by atoms with Crippen molar-refractivity contribution < 1.29 is 32.4 Å². The van der Waals surface area contributed by atoms with E-state index >= 15 is 0 Å². The molecule has 24 heteroatoms. The number of unbranched alkanes of at least 4 members (excludes halogenated alkanes) is 1. The molecule has 23 nitrogen and oxygen atoms in total. The molecule has 0 fully saturated rings. The maximum atomic E-state index is 13.7. The molecule has 1 aromatic rings. The monoisotopic (exact) mass is 730 g/mol. The summed E-state index contributed by atoms with van der Waals surface area (Å²) in [4.78, 5) is 78.5. The van der Waals surface area contributed by atoms with Crippen LogP contribution in [0.5, 0.6) is 0 Å². The number of primary amides is 1. The van der Waals surface area contributed by atoms with Crippen molar-refractivity contribution in [1.82, 2.24) is 31.2 Å². The number of amides is 5. The molecule has 0 aromatic carbocycles. The molecule has 21 N–H and O–H groups in total. The first-order valence-electron chi connectivity index (χ1n) is 15.5. The maximum absolute atomic E-state index is 13.7. The molecule has 0 unspecified atom stereocenters. The van der Waals surface area contributed by atoms with Gasteiger partial charge in [0.15, 0.2) is 16.9 Å². The second-order valence-corrected chi connectivity index (χ2v) is 12.6. The minimum Gasteiger partial charge on any atom is -0.370 e. The number of hydrogen-bond acceptors (Lipinski definition) is 12. The molecule has 0 radical (unpaired) electrons. The van der Waals surface area contributed by atoms with Gasteiger partial charge in [-0.2, -0.15) is 0 Å². The molecule has 282 valence electrons. The average Bonchev–Trinajstić information content (AvgIpc) is 3.51. The zero-order valence-electron chi connectivity index (χ0n) is 27.6. The van der Waals surface area contributed by atoms with Crippen LogP contribution in [0.4, 0.5) is 0 Å². The molecule has 0 saturated heterocycles. The van der Waals surface area contributed by atoms with Gasteiger partial charge >= 0.3 is 0 Å². The van der Waals surface area contributed by atoms with E-state index in [0.717, 1.165) is 6.20 Å². The number of carbonyl (C=O) groups is 5. The zero-order valence-corrected chi connectivity index (χ0v) is 28.4. The summed E-state index contributed by atoms with van der Waals surface area (Å²) in [6, 6.07) is -4.99. The summed E-state index contributed by atoms with van der Waals surface area (Å²) in [6.45, 7) is 0.131. The molecule has 5 amide bonds. The Bertz CT molecular complexity index is 1460. The average molecular weight is 731 g/mol. The number of primary sulfonamides is 1. The summed E-state index contributed by atoms with van der Waals surface area (Å²) in [7, 11) is -4.18.